The molecule has 2 heterocycles. The van der Waals surface area contributed by atoms with E-state index < -0.39 is 22.9 Å². The Bertz CT molecular complexity index is 1250. The van der Waals surface area contributed by atoms with Gasteiger partial charge in [0.15, 0.2) is 5.76 Å². The normalized spacial score (nSPS) is 15.3. The fourth-order valence-electron chi connectivity index (χ4n) is 3.39. The number of amides is 3. The van der Waals surface area contributed by atoms with Crippen molar-refractivity contribution in [2.24, 2.45) is 0 Å². The number of aryl methyl sites for hydroxylation is 2. The number of carbonyl (C=O) groups is 3. The predicted molar refractivity (Wildman–Crippen MR) is 117 cm³/mol. The molecule has 158 valence electrons. The SMILES string of the molecule is Cc1c(C(=O)NCCN2C(=O)S/C(=C/c3ccccc3F)C2=O)oc2c(C)cccc12. The van der Waals surface area contributed by atoms with Crippen LogP contribution in [0.1, 0.15) is 27.2 Å². The predicted octanol–water partition coefficient (Wildman–Crippen LogP) is 4.66. The monoisotopic (exact) mass is 438 g/mol. The van der Waals surface area contributed by atoms with Gasteiger partial charge in [-0.25, -0.2) is 4.39 Å². The number of rotatable bonds is 5. The van der Waals surface area contributed by atoms with Gasteiger partial charge in [-0.15, -0.1) is 0 Å². The number of nitrogens with zero attached hydrogens (tertiary/aromatic N) is 1. The number of imide groups is 1. The molecule has 1 saturated heterocycles. The molecule has 31 heavy (non-hydrogen) atoms. The first-order valence-electron chi connectivity index (χ1n) is 9.63. The summed E-state index contributed by atoms with van der Waals surface area (Å²) in [7, 11) is 0. The molecule has 3 aromatic rings. The van der Waals surface area contributed by atoms with Gasteiger partial charge in [0.25, 0.3) is 17.1 Å². The van der Waals surface area contributed by atoms with Gasteiger partial charge in [-0.2, -0.15) is 0 Å². The smallest absolute Gasteiger partial charge is 0.293 e. The van der Waals surface area contributed by atoms with Crippen molar-refractivity contribution >= 4 is 45.9 Å². The van der Waals surface area contributed by atoms with Crippen LogP contribution < -0.4 is 5.32 Å². The molecule has 0 bridgehead atoms. The number of fused-ring (bicyclic) bond motifs is 1. The minimum absolute atomic E-state index is 0.00330. The molecule has 4 rings (SSSR count). The molecular weight excluding hydrogens is 419 g/mol. The summed E-state index contributed by atoms with van der Waals surface area (Å²) in [5.41, 5.74) is 2.56. The van der Waals surface area contributed by atoms with Crippen molar-refractivity contribution in [1.82, 2.24) is 10.2 Å². The first-order chi connectivity index (χ1) is 14.9. The van der Waals surface area contributed by atoms with Crippen LogP contribution in [0.2, 0.25) is 0 Å². The highest BCUT2D eigenvalue weighted by molar-refractivity contribution is 8.18. The van der Waals surface area contributed by atoms with E-state index in [9.17, 15) is 18.8 Å². The van der Waals surface area contributed by atoms with Crippen molar-refractivity contribution in [1.29, 1.82) is 0 Å². The van der Waals surface area contributed by atoms with Crippen molar-refractivity contribution in [3.8, 4) is 0 Å². The zero-order valence-corrected chi connectivity index (χ0v) is 17.7. The largest absolute Gasteiger partial charge is 0.450 e. The molecule has 2 aromatic carbocycles. The van der Waals surface area contributed by atoms with Crippen LogP contribution in [0.3, 0.4) is 0 Å². The maximum Gasteiger partial charge on any atom is 0.293 e. The average molecular weight is 438 g/mol. The topological polar surface area (TPSA) is 79.6 Å². The van der Waals surface area contributed by atoms with E-state index >= 15 is 0 Å². The lowest BCUT2D eigenvalue weighted by Gasteiger charge is -2.12. The van der Waals surface area contributed by atoms with E-state index in [1.807, 2.05) is 32.0 Å². The van der Waals surface area contributed by atoms with Crippen LogP contribution in [0.25, 0.3) is 17.0 Å². The second-order valence-corrected chi connectivity index (χ2v) is 8.11. The summed E-state index contributed by atoms with van der Waals surface area (Å²) in [6, 6.07) is 11.7. The molecule has 0 atom stereocenters. The van der Waals surface area contributed by atoms with Crippen LogP contribution in [-0.4, -0.2) is 35.0 Å². The standard InChI is InChI=1S/C23H19FN2O4S/c1-13-6-5-8-16-14(2)20(30-19(13)16)21(27)25-10-11-26-22(28)18(31-23(26)29)12-15-7-3-4-9-17(15)24/h3-9,12H,10-11H2,1-2H3,(H,25,27)/b18-12+. The summed E-state index contributed by atoms with van der Waals surface area (Å²) in [4.78, 5) is 38.5. The second kappa shape index (κ2) is 8.39. The summed E-state index contributed by atoms with van der Waals surface area (Å²) in [6.45, 7) is 3.79. The number of carbonyl (C=O) groups excluding carboxylic acids is 3. The van der Waals surface area contributed by atoms with Gasteiger partial charge in [-0.1, -0.05) is 36.4 Å². The fraction of sp³-hybridized carbons (Fsp3) is 0.174. The summed E-state index contributed by atoms with van der Waals surface area (Å²) in [5, 5.41) is 3.10. The van der Waals surface area contributed by atoms with Crippen molar-refractivity contribution in [3.05, 3.63) is 75.6 Å². The number of furan rings is 1. The lowest BCUT2D eigenvalue weighted by molar-refractivity contribution is -0.122. The van der Waals surface area contributed by atoms with Gasteiger partial charge < -0.3 is 9.73 Å². The zero-order chi connectivity index (χ0) is 22.1. The fourth-order valence-corrected chi connectivity index (χ4v) is 4.24. The van der Waals surface area contributed by atoms with Crippen LogP contribution in [0, 0.1) is 19.7 Å². The number of para-hydroxylation sites is 1. The van der Waals surface area contributed by atoms with Crippen LogP contribution >= 0.6 is 11.8 Å². The Morgan fingerprint density at radius 1 is 1.16 bits per heavy atom. The molecule has 6 nitrogen and oxygen atoms in total. The van der Waals surface area contributed by atoms with Gasteiger partial charge in [0.2, 0.25) is 0 Å². The quantitative estimate of drug-likeness (QED) is 0.587. The summed E-state index contributed by atoms with van der Waals surface area (Å²) >= 11 is 0.748. The molecule has 0 spiro atoms. The molecule has 1 aliphatic rings. The molecule has 1 fully saturated rings. The number of benzene rings is 2. The highest BCUT2D eigenvalue weighted by Gasteiger charge is 2.35. The van der Waals surface area contributed by atoms with E-state index in [1.54, 1.807) is 12.1 Å². The molecular formula is C23H19FN2O4S. The van der Waals surface area contributed by atoms with Crippen molar-refractivity contribution in [2.45, 2.75) is 13.8 Å². The van der Waals surface area contributed by atoms with Crippen molar-refractivity contribution in [3.63, 3.8) is 0 Å². The average Bonchev–Trinajstić information content (AvgIpc) is 3.22. The molecule has 1 N–H and O–H groups in total. The van der Waals surface area contributed by atoms with Gasteiger partial charge in [-0.05, 0) is 43.3 Å². The number of halogens is 1. The summed E-state index contributed by atoms with van der Waals surface area (Å²) < 4.78 is 19.6. The van der Waals surface area contributed by atoms with Crippen LogP contribution in [0.4, 0.5) is 9.18 Å². The molecule has 1 aliphatic heterocycles. The van der Waals surface area contributed by atoms with E-state index in [4.69, 9.17) is 4.42 Å². The third-order valence-electron chi connectivity index (χ3n) is 5.05. The minimum Gasteiger partial charge on any atom is -0.450 e. The number of hydrogen-bond donors (Lipinski definition) is 1. The van der Waals surface area contributed by atoms with Crippen molar-refractivity contribution < 1.29 is 23.2 Å². The molecule has 0 aliphatic carbocycles. The van der Waals surface area contributed by atoms with Crippen LogP contribution in [0.15, 0.2) is 51.8 Å². The number of thioether (sulfide) groups is 1. The number of nitrogens with one attached hydrogen (secondary N) is 1. The van der Waals surface area contributed by atoms with Crippen LogP contribution in [0.5, 0.6) is 0 Å². The Morgan fingerprint density at radius 3 is 2.68 bits per heavy atom. The lowest BCUT2D eigenvalue weighted by atomic mass is 10.1. The minimum atomic E-state index is -0.511. The third-order valence-corrected chi connectivity index (χ3v) is 5.96. The Labute approximate surface area is 182 Å². The Hall–Kier alpha value is -3.39. The Morgan fingerprint density at radius 2 is 1.94 bits per heavy atom. The molecule has 1 aromatic heterocycles. The van der Waals surface area contributed by atoms with Gasteiger partial charge in [-0.3, -0.25) is 19.3 Å². The molecule has 0 unspecified atom stereocenters. The first kappa shape index (κ1) is 20.9. The highest BCUT2D eigenvalue weighted by Crippen LogP contribution is 2.32. The molecule has 8 heteroatoms. The van der Waals surface area contributed by atoms with Crippen molar-refractivity contribution in [2.75, 3.05) is 13.1 Å². The zero-order valence-electron chi connectivity index (χ0n) is 16.9. The maximum atomic E-state index is 13.8. The second-order valence-electron chi connectivity index (χ2n) is 7.12. The van der Waals surface area contributed by atoms with Gasteiger partial charge in [0.05, 0.1) is 4.91 Å². The summed E-state index contributed by atoms with van der Waals surface area (Å²) in [5.74, 6) is -1.19. The summed E-state index contributed by atoms with van der Waals surface area (Å²) in [6.07, 6.45) is 1.36. The van der Waals surface area contributed by atoms with E-state index in [1.165, 1.54) is 18.2 Å². The Kier molecular flexibility index (Phi) is 5.65. The molecule has 0 radical (unpaired) electrons. The first-order valence-corrected chi connectivity index (χ1v) is 10.5. The van der Waals surface area contributed by atoms with Gasteiger partial charge in [0, 0.05) is 29.6 Å². The van der Waals surface area contributed by atoms with Crippen LogP contribution in [-0.2, 0) is 4.79 Å². The van der Waals surface area contributed by atoms with E-state index in [0.29, 0.717) is 5.58 Å². The van der Waals surface area contributed by atoms with E-state index in [0.717, 1.165) is 33.2 Å². The Balaban J connectivity index is 1.42. The van der Waals surface area contributed by atoms with Gasteiger partial charge in [0.1, 0.15) is 11.4 Å². The van der Waals surface area contributed by atoms with E-state index in [-0.39, 0.29) is 29.3 Å². The lowest BCUT2D eigenvalue weighted by Crippen LogP contribution is -2.37. The van der Waals surface area contributed by atoms with E-state index in [2.05, 4.69) is 5.32 Å². The molecule has 3 amide bonds. The number of hydrogen-bond acceptors (Lipinski definition) is 5. The molecule has 0 saturated carbocycles. The highest BCUT2D eigenvalue weighted by atomic mass is 32.2. The third kappa shape index (κ3) is 3.98. The maximum absolute atomic E-state index is 13.8. The van der Waals surface area contributed by atoms with Gasteiger partial charge >= 0.3 is 0 Å².